The molecule has 1 aromatic heterocycles. The second-order valence-electron chi connectivity index (χ2n) is 6.00. The van der Waals surface area contributed by atoms with Crippen molar-refractivity contribution in [2.75, 3.05) is 20.2 Å². The van der Waals surface area contributed by atoms with E-state index in [1.165, 1.54) is 16.7 Å². The highest BCUT2D eigenvalue weighted by Crippen LogP contribution is 2.34. The first-order valence-corrected chi connectivity index (χ1v) is 9.93. The van der Waals surface area contributed by atoms with E-state index in [1.54, 1.807) is 25.7 Å². The molecule has 28 heavy (non-hydrogen) atoms. The molecule has 2 heterocycles. The van der Waals surface area contributed by atoms with Gasteiger partial charge in [0.1, 0.15) is 10.1 Å². The lowest BCUT2D eigenvalue weighted by molar-refractivity contribution is -0.123. The average Bonchev–Trinajstić information content (AvgIpc) is 3.29. The largest absolute Gasteiger partial charge is 0.496 e. The molecular weight excluding hydrogens is 396 g/mol. The molecule has 1 aliphatic rings. The number of para-hydroxylation sites is 1. The molecule has 0 bridgehead atoms. The second-order valence-corrected chi connectivity index (χ2v) is 7.68. The molecule has 2 aromatic rings. The highest BCUT2D eigenvalue weighted by molar-refractivity contribution is 8.26. The number of aromatic amines is 1. The third kappa shape index (κ3) is 4.99. The van der Waals surface area contributed by atoms with Crippen molar-refractivity contribution in [3.8, 4) is 5.75 Å². The van der Waals surface area contributed by atoms with Crippen LogP contribution in [-0.2, 0) is 16.0 Å². The van der Waals surface area contributed by atoms with Crippen LogP contribution in [0.2, 0.25) is 0 Å². The maximum atomic E-state index is 12.7. The fourth-order valence-corrected chi connectivity index (χ4v) is 3.98. The molecule has 0 atom stereocenters. The quantitative estimate of drug-likeness (QED) is 0.508. The van der Waals surface area contributed by atoms with E-state index in [0.29, 0.717) is 27.9 Å². The lowest BCUT2D eigenvalue weighted by atomic mass is 10.2. The van der Waals surface area contributed by atoms with Crippen molar-refractivity contribution < 1.29 is 14.3 Å². The van der Waals surface area contributed by atoms with Gasteiger partial charge in [-0.15, -0.1) is 0 Å². The molecule has 1 fully saturated rings. The van der Waals surface area contributed by atoms with Gasteiger partial charge in [0.15, 0.2) is 0 Å². The summed E-state index contributed by atoms with van der Waals surface area (Å²) in [6.07, 6.45) is 5.96. The van der Waals surface area contributed by atoms with E-state index in [0.717, 1.165) is 11.3 Å². The summed E-state index contributed by atoms with van der Waals surface area (Å²) in [4.78, 5) is 33.6. The van der Waals surface area contributed by atoms with Crippen molar-refractivity contribution in [2.24, 2.45) is 0 Å². The second kappa shape index (κ2) is 9.52. The summed E-state index contributed by atoms with van der Waals surface area (Å²) in [5.41, 5.74) is 1.76. The van der Waals surface area contributed by atoms with E-state index in [1.807, 2.05) is 24.3 Å². The number of carbonyl (C=O) groups excluding carboxylic acids is 2. The summed E-state index contributed by atoms with van der Waals surface area (Å²) >= 11 is 6.55. The predicted molar refractivity (Wildman–Crippen MR) is 113 cm³/mol. The van der Waals surface area contributed by atoms with Crippen molar-refractivity contribution in [3.63, 3.8) is 0 Å². The van der Waals surface area contributed by atoms with Gasteiger partial charge in [0.25, 0.3) is 5.91 Å². The van der Waals surface area contributed by atoms with Gasteiger partial charge in [0.2, 0.25) is 5.91 Å². The summed E-state index contributed by atoms with van der Waals surface area (Å²) < 4.78 is 5.77. The van der Waals surface area contributed by atoms with Gasteiger partial charge in [-0.25, -0.2) is 4.98 Å². The number of imidazole rings is 1. The summed E-state index contributed by atoms with van der Waals surface area (Å²) in [6.45, 7) is 0.761. The predicted octanol–water partition coefficient (Wildman–Crippen LogP) is 2.37. The smallest absolute Gasteiger partial charge is 0.266 e. The molecule has 0 radical (unpaired) electrons. The molecule has 0 saturated carbocycles. The van der Waals surface area contributed by atoms with Gasteiger partial charge in [0, 0.05) is 43.4 Å². The molecule has 2 amide bonds. The monoisotopic (exact) mass is 416 g/mol. The number of rotatable bonds is 8. The van der Waals surface area contributed by atoms with Crippen LogP contribution in [0.25, 0.3) is 6.08 Å². The minimum Gasteiger partial charge on any atom is -0.496 e. The highest BCUT2D eigenvalue weighted by Gasteiger charge is 2.32. The van der Waals surface area contributed by atoms with E-state index in [2.05, 4.69) is 15.3 Å². The first-order valence-electron chi connectivity index (χ1n) is 8.71. The van der Waals surface area contributed by atoms with Crippen LogP contribution in [-0.4, -0.2) is 51.2 Å². The Morgan fingerprint density at radius 1 is 1.43 bits per heavy atom. The third-order valence-electron chi connectivity index (χ3n) is 4.13. The zero-order valence-corrected chi connectivity index (χ0v) is 16.9. The van der Waals surface area contributed by atoms with E-state index >= 15 is 0 Å². The number of benzene rings is 1. The van der Waals surface area contributed by atoms with Gasteiger partial charge in [-0.2, -0.15) is 0 Å². The zero-order chi connectivity index (χ0) is 19.9. The Morgan fingerprint density at radius 2 is 2.25 bits per heavy atom. The van der Waals surface area contributed by atoms with Gasteiger partial charge < -0.3 is 15.0 Å². The summed E-state index contributed by atoms with van der Waals surface area (Å²) in [7, 11) is 1.59. The Morgan fingerprint density at radius 3 is 3.00 bits per heavy atom. The minimum absolute atomic E-state index is 0.123. The van der Waals surface area contributed by atoms with Crippen LogP contribution < -0.4 is 10.1 Å². The summed E-state index contributed by atoms with van der Waals surface area (Å²) in [5, 5.41) is 2.83. The first-order chi connectivity index (χ1) is 13.6. The van der Waals surface area contributed by atoms with Crippen molar-refractivity contribution in [3.05, 3.63) is 53.0 Å². The molecule has 7 nitrogen and oxygen atoms in total. The van der Waals surface area contributed by atoms with Gasteiger partial charge in [-0.3, -0.25) is 14.5 Å². The number of hydrogen-bond acceptors (Lipinski definition) is 6. The highest BCUT2D eigenvalue weighted by atomic mass is 32.2. The van der Waals surface area contributed by atoms with Gasteiger partial charge in [-0.05, 0) is 12.1 Å². The van der Waals surface area contributed by atoms with E-state index in [-0.39, 0.29) is 24.8 Å². The Bertz CT molecular complexity index is 896. The van der Waals surface area contributed by atoms with Crippen LogP contribution in [0, 0.1) is 0 Å². The normalized spacial score (nSPS) is 15.3. The molecule has 2 N–H and O–H groups in total. The van der Waals surface area contributed by atoms with Crippen LogP contribution in [0.5, 0.6) is 5.75 Å². The van der Waals surface area contributed by atoms with Crippen LogP contribution >= 0.6 is 24.0 Å². The number of ether oxygens (including phenoxy) is 1. The van der Waals surface area contributed by atoms with Gasteiger partial charge in [0.05, 0.1) is 18.3 Å². The number of hydrogen-bond donors (Lipinski definition) is 2. The lowest BCUT2D eigenvalue weighted by Crippen LogP contribution is -2.34. The Labute approximate surface area is 172 Å². The zero-order valence-electron chi connectivity index (χ0n) is 15.3. The number of thioether (sulfide) groups is 1. The number of amides is 2. The van der Waals surface area contributed by atoms with E-state index < -0.39 is 0 Å². The summed E-state index contributed by atoms with van der Waals surface area (Å²) in [6, 6.07) is 7.45. The average molecular weight is 417 g/mol. The molecule has 9 heteroatoms. The Hall–Kier alpha value is -2.65. The lowest BCUT2D eigenvalue weighted by Gasteiger charge is -2.14. The SMILES string of the molecule is COc1ccccc1/C=C1\SC(=S)N(CCC(=O)NCCc2cnc[nH]2)C1=O. The fourth-order valence-electron chi connectivity index (χ4n) is 2.68. The molecule has 1 aliphatic heterocycles. The molecule has 1 aromatic carbocycles. The number of H-pyrrole nitrogens is 1. The molecule has 146 valence electrons. The molecule has 0 spiro atoms. The van der Waals surface area contributed by atoms with Crippen molar-refractivity contribution in [1.29, 1.82) is 0 Å². The molecule has 0 unspecified atom stereocenters. The molecule has 0 aliphatic carbocycles. The van der Waals surface area contributed by atoms with Crippen LogP contribution in [0.3, 0.4) is 0 Å². The number of methoxy groups -OCH3 is 1. The number of nitrogens with zero attached hydrogens (tertiary/aromatic N) is 2. The Balaban J connectivity index is 1.53. The molecule has 3 rings (SSSR count). The molecular formula is C19H20N4O3S2. The number of aromatic nitrogens is 2. The topological polar surface area (TPSA) is 87.3 Å². The third-order valence-corrected chi connectivity index (χ3v) is 5.51. The minimum atomic E-state index is -0.189. The fraction of sp³-hybridized carbons (Fsp3) is 0.263. The maximum Gasteiger partial charge on any atom is 0.266 e. The molecule has 1 saturated heterocycles. The van der Waals surface area contributed by atoms with E-state index in [9.17, 15) is 9.59 Å². The van der Waals surface area contributed by atoms with Crippen molar-refractivity contribution >= 4 is 46.2 Å². The van der Waals surface area contributed by atoms with E-state index in [4.69, 9.17) is 17.0 Å². The standard InChI is InChI=1S/C19H20N4O3S2/c1-26-15-5-3-2-4-13(15)10-16-18(25)23(19(27)28-16)9-7-17(24)21-8-6-14-11-20-12-22-14/h2-5,10-12H,6-9H2,1H3,(H,20,22)(H,21,24)/b16-10-. The van der Waals surface area contributed by atoms with Gasteiger partial charge >= 0.3 is 0 Å². The number of carbonyl (C=O) groups is 2. The van der Waals surface area contributed by atoms with Crippen LogP contribution in [0.15, 0.2) is 41.7 Å². The van der Waals surface area contributed by atoms with Crippen molar-refractivity contribution in [2.45, 2.75) is 12.8 Å². The summed E-state index contributed by atoms with van der Waals surface area (Å²) in [5.74, 6) is 0.373. The Kier molecular flexibility index (Phi) is 6.83. The van der Waals surface area contributed by atoms with Gasteiger partial charge in [-0.1, -0.05) is 42.2 Å². The maximum absolute atomic E-state index is 12.7. The van der Waals surface area contributed by atoms with Crippen LogP contribution in [0.4, 0.5) is 0 Å². The number of thiocarbonyl (C=S) groups is 1. The van der Waals surface area contributed by atoms with Crippen molar-refractivity contribution in [1.82, 2.24) is 20.2 Å². The van der Waals surface area contributed by atoms with Crippen LogP contribution in [0.1, 0.15) is 17.7 Å². The number of nitrogens with one attached hydrogen (secondary N) is 2. The first kappa shape index (κ1) is 20.1.